The normalized spacial score (nSPS) is 11.2. The number of nitrogens with one attached hydrogen (secondary N) is 2. The maximum absolute atomic E-state index is 12.1. The van der Waals surface area contributed by atoms with Crippen LogP contribution in [0.5, 0.6) is 5.75 Å². The van der Waals surface area contributed by atoms with Crippen LogP contribution in [0.4, 0.5) is 0 Å². The van der Waals surface area contributed by atoms with Crippen molar-refractivity contribution in [1.82, 2.24) is 9.97 Å². The minimum atomic E-state index is -0.536. The van der Waals surface area contributed by atoms with Crippen LogP contribution in [0.25, 0.3) is 33.2 Å². The summed E-state index contributed by atoms with van der Waals surface area (Å²) in [5.74, 6) is 0.267. The third-order valence-corrected chi connectivity index (χ3v) is 3.82. The van der Waals surface area contributed by atoms with Crippen LogP contribution in [-0.2, 0) is 0 Å². The van der Waals surface area contributed by atoms with Crippen molar-refractivity contribution in [1.29, 1.82) is 5.26 Å². The number of aromatic nitrogens is 2. The van der Waals surface area contributed by atoms with Crippen LogP contribution in [0.2, 0.25) is 0 Å². The molecule has 2 aliphatic rings. The van der Waals surface area contributed by atoms with Gasteiger partial charge in [0.05, 0.1) is 11.1 Å². The summed E-state index contributed by atoms with van der Waals surface area (Å²) < 4.78 is 5.83. The number of aromatic hydroxyl groups is 1. The Morgan fingerprint density at radius 2 is 1.95 bits per heavy atom. The van der Waals surface area contributed by atoms with E-state index in [-0.39, 0.29) is 32.7 Å². The Labute approximate surface area is 127 Å². The van der Waals surface area contributed by atoms with Crippen LogP contribution < -0.4 is 5.56 Å². The van der Waals surface area contributed by atoms with Crippen LogP contribution in [0.1, 0.15) is 5.56 Å². The average molecular weight is 309 g/mol. The zero-order valence-corrected chi connectivity index (χ0v) is 11.7. The van der Waals surface area contributed by atoms with Gasteiger partial charge in [0.25, 0.3) is 5.56 Å². The lowest BCUT2D eigenvalue weighted by Crippen LogP contribution is -2.10. The van der Waals surface area contributed by atoms with Gasteiger partial charge in [0.1, 0.15) is 23.0 Å². The molecule has 0 radical (unpaired) electrons. The van der Waals surface area contributed by atoms with E-state index in [1.165, 1.54) is 0 Å². The van der Waals surface area contributed by atoms with Gasteiger partial charge in [-0.25, -0.2) is 0 Å². The second kappa shape index (κ2) is 4.19. The highest BCUT2D eigenvalue weighted by molar-refractivity contribution is 7.71. The van der Waals surface area contributed by atoms with Crippen molar-refractivity contribution in [2.24, 2.45) is 0 Å². The molecule has 6 nitrogen and oxygen atoms in total. The summed E-state index contributed by atoms with van der Waals surface area (Å²) in [4.78, 5) is 17.3. The topological polar surface area (TPSA) is 106 Å². The van der Waals surface area contributed by atoms with Gasteiger partial charge in [-0.2, -0.15) is 5.26 Å². The first-order valence-electron chi connectivity index (χ1n) is 6.34. The van der Waals surface area contributed by atoms with E-state index in [0.717, 1.165) is 0 Å². The molecule has 0 spiro atoms. The summed E-state index contributed by atoms with van der Waals surface area (Å²) in [5.41, 5.74) is -0.149. The fraction of sp³-hybridized carbons (Fsp3) is 0. The molecule has 2 aromatic rings. The van der Waals surface area contributed by atoms with Crippen LogP contribution in [0.15, 0.2) is 33.5 Å². The lowest BCUT2D eigenvalue weighted by Gasteiger charge is -2.06. The Balaban J connectivity index is 2.42. The third kappa shape index (κ3) is 1.47. The molecular weight excluding hydrogens is 302 g/mol. The number of hydrogen-bond donors (Lipinski definition) is 3. The Hall–Kier alpha value is -3.11. The molecule has 1 aliphatic carbocycles. The van der Waals surface area contributed by atoms with E-state index in [2.05, 4.69) is 9.97 Å². The van der Waals surface area contributed by atoms with Crippen molar-refractivity contribution in [2.75, 3.05) is 0 Å². The molecule has 4 rings (SSSR count). The predicted octanol–water partition coefficient (Wildman–Crippen LogP) is 3.01. The predicted molar refractivity (Wildman–Crippen MR) is 82.5 cm³/mol. The van der Waals surface area contributed by atoms with Crippen LogP contribution in [0.3, 0.4) is 0 Å². The number of benzene rings is 1. The molecule has 0 amide bonds. The van der Waals surface area contributed by atoms with Gasteiger partial charge in [0.15, 0.2) is 4.77 Å². The number of rotatable bonds is 0. The summed E-state index contributed by atoms with van der Waals surface area (Å²) in [5, 5.41) is 21.1. The molecule has 1 aromatic carbocycles. The Morgan fingerprint density at radius 1 is 1.23 bits per heavy atom. The molecule has 1 aromatic heterocycles. The monoisotopic (exact) mass is 309 g/mol. The van der Waals surface area contributed by atoms with Crippen molar-refractivity contribution in [3.05, 3.63) is 45.0 Å². The van der Waals surface area contributed by atoms with Crippen LogP contribution in [0, 0.1) is 16.1 Å². The zero-order chi connectivity index (χ0) is 15.4. The molecule has 3 N–H and O–H groups in total. The fourth-order valence-corrected chi connectivity index (χ4v) is 2.90. The highest BCUT2D eigenvalue weighted by Crippen LogP contribution is 2.47. The van der Waals surface area contributed by atoms with Gasteiger partial charge in [-0.05, 0) is 12.2 Å². The third-order valence-electron chi connectivity index (χ3n) is 3.61. The van der Waals surface area contributed by atoms with Gasteiger partial charge >= 0.3 is 0 Å². The van der Waals surface area contributed by atoms with Crippen molar-refractivity contribution in [2.45, 2.75) is 0 Å². The lowest BCUT2D eigenvalue weighted by atomic mass is 10.1. The molecule has 0 saturated heterocycles. The number of aromatic amines is 2. The summed E-state index contributed by atoms with van der Waals surface area (Å²) in [6.45, 7) is 0. The van der Waals surface area contributed by atoms with E-state index in [0.29, 0.717) is 16.5 Å². The summed E-state index contributed by atoms with van der Waals surface area (Å²) in [7, 11) is 0. The number of nitriles is 1. The smallest absolute Gasteiger partial charge is 0.264 e. The maximum atomic E-state index is 12.1. The van der Waals surface area contributed by atoms with E-state index in [9.17, 15) is 15.2 Å². The standard InChI is InChI=1S/C15H7N3O3S/c16-5-8-9-11(19)6-3-1-2-4-7(6)12(9)21-14-10(8)13(20)17-15(22)18-14/h1-4,19H,(H2,17,18,20,22). The first kappa shape index (κ1) is 12.6. The van der Waals surface area contributed by atoms with Crippen LogP contribution in [-0.4, -0.2) is 15.1 Å². The largest absolute Gasteiger partial charge is 0.506 e. The highest BCUT2D eigenvalue weighted by atomic mass is 32.1. The first-order valence-corrected chi connectivity index (χ1v) is 6.75. The SMILES string of the molecule is N#Cc1c2c(O)c3ccccc3c-2oc2[nH]c(=S)[nH]c(=O)c12. The molecule has 0 atom stereocenters. The molecule has 7 heteroatoms. The van der Waals surface area contributed by atoms with Crippen LogP contribution >= 0.6 is 12.2 Å². The van der Waals surface area contributed by atoms with Gasteiger partial charge in [0.2, 0.25) is 5.71 Å². The van der Waals surface area contributed by atoms with Crippen molar-refractivity contribution >= 4 is 34.1 Å². The first-order chi connectivity index (χ1) is 10.6. The molecule has 106 valence electrons. The molecule has 2 heterocycles. The van der Waals surface area contributed by atoms with E-state index in [1.807, 2.05) is 6.07 Å². The fourth-order valence-electron chi connectivity index (χ4n) is 2.71. The van der Waals surface area contributed by atoms with E-state index >= 15 is 0 Å². The van der Waals surface area contributed by atoms with Gasteiger partial charge < -0.3 is 14.5 Å². The van der Waals surface area contributed by atoms with E-state index in [4.69, 9.17) is 16.6 Å². The molecule has 0 bridgehead atoms. The number of hydrogen-bond acceptors (Lipinski definition) is 5. The van der Waals surface area contributed by atoms with Gasteiger partial charge in [0, 0.05) is 10.8 Å². The molecule has 0 saturated carbocycles. The summed E-state index contributed by atoms with van der Waals surface area (Å²) >= 11 is 4.93. The second-order valence-electron chi connectivity index (χ2n) is 4.80. The molecule has 0 unspecified atom stereocenters. The number of fused-ring (bicyclic) bond motifs is 4. The van der Waals surface area contributed by atoms with Crippen molar-refractivity contribution in [3.8, 4) is 23.1 Å². The van der Waals surface area contributed by atoms with Crippen molar-refractivity contribution in [3.63, 3.8) is 0 Å². The number of H-pyrrole nitrogens is 2. The Kier molecular flexibility index (Phi) is 2.40. The molecular formula is C15H7N3O3S. The highest BCUT2D eigenvalue weighted by Gasteiger charge is 2.27. The van der Waals surface area contributed by atoms with Gasteiger partial charge in [-0.1, -0.05) is 24.3 Å². The molecule has 0 fully saturated rings. The minimum Gasteiger partial charge on any atom is -0.506 e. The zero-order valence-electron chi connectivity index (χ0n) is 10.9. The van der Waals surface area contributed by atoms with E-state index < -0.39 is 5.56 Å². The minimum absolute atomic E-state index is 0.0363. The van der Waals surface area contributed by atoms with Crippen molar-refractivity contribution < 1.29 is 9.52 Å². The quantitative estimate of drug-likeness (QED) is 0.433. The Morgan fingerprint density at radius 3 is 2.68 bits per heavy atom. The summed E-state index contributed by atoms with van der Waals surface area (Å²) in [6.07, 6.45) is 0. The summed E-state index contributed by atoms with van der Waals surface area (Å²) in [6, 6.07) is 9.04. The lowest BCUT2D eigenvalue weighted by molar-refractivity contribution is 0.482. The average Bonchev–Trinajstić information content (AvgIpc) is 2.78. The maximum Gasteiger partial charge on any atom is 0.264 e. The van der Waals surface area contributed by atoms with Gasteiger partial charge in [-0.3, -0.25) is 9.78 Å². The van der Waals surface area contributed by atoms with Gasteiger partial charge in [-0.15, -0.1) is 0 Å². The molecule has 1 aliphatic heterocycles. The molecule has 22 heavy (non-hydrogen) atoms. The van der Waals surface area contributed by atoms with E-state index in [1.54, 1.807) is 24.3 Å². The second-order valence-corrected chi connectivity index (χ2v) is 5.21. The Bertz CT molecular complexity index is 1190. The number of nitrogens with zero attached hydrogens (tertiary/aromatic N) is 1.